The van der Waals surface area contributed by atoms with Gasteiger partial charge in [-0.3, -0.25) is 14.6 Å². The fourth-order valence-corrected chi connectivity index (χ4v) is 5.02. The molecule has 2 aliphatic rings. The maximum Gasteiger partial charge on any atom is 0.341 e. The van der Waals surface area contributed by atoms with Crippen LogP contribution in [0.2, 0.25) is 0 Å². The quantitative estimate of drug-likeness (QED) is 0.310. The van der Waals surface area contributed by atoms with E-state index in [4.69, 9.17) is 10.5 Å². The van der Waals surface area contributed by atoms with Crippen molar-refractivity contribution in [3.8, 4) is 5.75 Å². The molecule has 0 bridgehead atoms. The third kappa shape index (κ3) is 3.63. The van der Waals surface area contributed by atoms with Crippen molar-refractivity contribution in [3.63, 3.8) is 0 Å². The molecule has 1 fully saturated rings. The summed E-state index contributed by atoms with van der Waals surface area (Å²) in [7, 11) is 0. The van der Waals surface area contributed by atoms with E-state index in [0.717, 1.165) is 25.7 Å². The van der Waals surface area contributed by atoms with E-state index in [0.29, 0.717) is 0 Å². The first kappa shape index (κ1) is 22.6. The van der Waals surface area contributed by atoms with Gasteiger partial charge in [-0.2, -0.15) is 0 Å². The van der Waals surface area contributed by atoms with Gasteiger partial charge in [-0.15, -0.1) is 0 Å². The van der Waals surface area contributed by atoms with Gasteiger partial charge in [0.2, 0.25) is 5.43 Å². The zero-order valence-corrected chi connectivity index (χ0v) is 18.8. The van der Waals surface area contributed by atoms with Crippen LogP contribution in [-0.4, -0.2) is 46.2 Å². The van der Waals surface area contributed by atoms with Crippen molar-refractivity contribution < 1.29 is 23.8 Å². The normalized spacial score (nSPS) is 15.7. The Morgan fingerprint density at radius 3 is 2.71 bits per heavy atom. The van der Waals surface area contributed by atoms with Crippen LogP contribution in [0.3, 0.4) is 0 Å². The molecule has 1 amide bonds. The average molecular weight is 481 g/mol. The van der Waals surface area contributed by atoms with Crippen LogP contribution in [0.5, 0.6) is 5.75 Å². The number of nitrogens with one attached hydrogen (secondary N) is 2. The molecule has 182 valence electrons. The summed E-state index contributed by atoms with van der Waals surface area (Å²) in [5, 5.41) is 15.0. The number of benzene rings is 1. The number of fused-ring (bicyclic) bond motifs is 1. The van der Waals surface area contributed by atoms with Crippen LogP contribution in [0.4, 0.5) is 15.8 Å². The standard InChI is InChI=1S/C24H24FN5O5/c25-16-17(26)15-19-21(18(16)28-9-10-29-22(32)14-5-1-4-8-27-14)35-12-24(6-2-3-7-24)30(19)11-13(20(15)31)23(33)34/h1,4-5,8,11,28H,2-3,6-7,9-10,12,26H2,(H,29,32)(H,33,34). The van der Waals surface area contributed by atoms with E-state index in [2.05, 4.69) is 15.6 Å². The average Bonchev–Trinajstić information content (AvgIpc) is 3.33. The molecular weight excluding hydrogens is 457 g/mol. The molecule has 10 nitrogen and oxygen atoms in total. The second-order valence-electron chi connectivity index (χ2n) is 8.82. The number of ether oxygens (including phenoxy) is 1. The van der Waals surface area contributed by atoms with E-state index in [-0.39, 0.29) is 53.6 Å². The number of aromatic nitrogens is 2. The maximum atomic E-state index is 15.4. The van der Waals surface area contributed by atoms with E-state index in [9.17, 15) is 19.5 Å². The predicted molar refractivity (Wildman–Crippen MR) is 127 cm³/mol. The van der Waals surface area contributed by atoms with E-state index in [1.807, 2.05) is 0 Å². The molecular formula is C24H24FN5O5. The van der Waals surface area contributed by atoms with Crippen LogP contribution in [0.25, 0.3) is 10.9 Å². The number of halogens is 1. The molecule has 1 saturated carbocycles. The molecule has 0 unspecified atom stereocenters. The summed E-state index contributed by atoms with van der Waals surface area (Å²) >= 11 is 0. The Morgan fingerprint density at radius 1 is 1.26 bits per heavy atom. The lowest BCUT2D eigenvalue weighted by atomic mass is 9.93. The van der Waals surface area contributed by atoms with E-state index in [1.54, 1.807) is 22.8 Å². The number of aromatic carboxylic acids is 1. The first-order valence-electron chi connectivity index (χ1n) is 11.3. The van der Waals surface area contributed by atoms with Gasteiger partial charge < -0.3 is 30.8 Å². The Balaban J connectivity index is 1.53. The van der Waals surface area contributed by atoms with Crippen molar-refractivity contribution >= 4 is 34.2 Å². The first-order valence-corrected chi connectivity index (χ1v) is 11.3. The van der Waals surface area contributed by atoms with Gasteiger partial charge in [0.25, 0.3) is 5.91 Å². The molecule has 1 spiro atoms. The SMILES string of the molecule is Nc1c(F)c(NCCNC(=O)c2ccccn2)c2c3c1c(=O)c(C(=O)O)cn3C1(CCCC1)CO2. The van der Waals surface area contributed by atoms with Crippen LogP contribution in [0.15, 0.2) is 35.4 Å². The van der Waals surface area contributed by atoms with Gasteiger partial charge >= 0.3 is 5.97 Å². The van der Waals surface area contributed by atoms with Crippen molar-refractivity contribution in [3.05, 3.63) is 57.9 Å². The lowest BCUT2D eigenvalue weighted by Crippen LogP contribution is -2.42. The van der Waals surface area contributed by atoms with Crippen LogP contribution >= 0.6 is 0 Å². The highest BCUT2D eigenvalue weighted by Gasteiger charge is 2.43. The Hall–Kier alpha value is -4.15. The predicted octanol–water partition coefficient (Wildman–Crippen LogP) is 2.32. The van der Waals surface area contributed by atoms with Gasteiger partial charge in [-0.25, -0.2) is 9.18 Å². The fourth-order valence-electron chi connectivity index (χ4n) is 5.02. The molecule has 1 aliphatic carbocycles. The Morgan fingerprint density at radius 2 is 2.03 bits per heavy atom. The van der Waals surface area contributed by atoms with E-state index in [1.165, 1.54) is 12.4 Å². The third-order valence-electron chi connectivity index (χ3n) is 6.75. The fraction of sp³-hybridized carbons (Fsp3) is 0.333. The van der Waals surface area contributed by atoms with Gasteiger partial charge in [-0.1, -0.05) is 18.9 Å². The van der Waals surface area contributed by atoms with E-state index >= 15 is 4.39 Å². The summed E-state index contributed by atoms with van der Waals surface area (Å²) in [6, 6.07) is 4.97. The van der Waals surface area contributed by atoms with Gasteiger partial charge in [0.05, 0.1) is 22.1 Å². The summed E-state index contributed by atoms with van der Waals surface area (Å²) in [6.07, 6.45) is 6.17. The minimum atomic E-state index is -1.40. The molecule has 0 atom stereocenters. The number of anilines is 2. The highest BCUT2D eigenvalue weighted by atomic mass is 19.1. The molecule has 1 aliphatic heterocycles. The van der Waals surface area contributed by atoms with Crippen molar-refractivity contribution in [2.75, 3.05) is 30.7 Å². The molecule has 5 N–H and O–H groups in total. The molecule has 1 aromatic carbocycles. The van der Waals surface area contributed by atoms with Crippen LogP contribution < -0.4 is 26.5 Å². The summed E-state index contributed by atoms with van der Waals surface area (Å²) in [4.78, 5) is 41.0. The number of rotatable bonds is 6. The Kier molecular flexibility index (Phi) is 5.54. The van der Waals surface area contributed by atoms with Gasteiger partial charge in [0, 0.05) is 25.5 Å². The lowest BCUT2D eigenvalue weighted by Gasteiger charge is -2.39. The van der Waals surface area contributed by atoms with E-state index < -0.39 is 34.0 Å². The van der Waals surface area contributed by atoms with Gasteiger partial charge in [-0.05, 0) is 25.0 Å². The number of nitrogen functional groups attached to an aromatic ring is 1. The van der Waals surface area contributed by atoms with Gasteiger partial charge in [0.1, 0.15) is 23.6 Å². The maximum absolute atomic E-state index is 15.4. The molecule has 3 heterocycles. The monoisotopic (exact) mass is 481 g/mol. The Labute approximate surface area is 198 Å². The number of carboxylic acid groups (broad SMARTS) is 1. The largest absolute Gasteiger partial charge is 0.487 e. The summed E-state index contributed by atoms with van der Waals surface area (Å²) < 4.78 is 23.2. The molecule has 3 aromatic rings. The third-order valence-corrected chi connectivity index (χ3v) is 6.75. The molecule has 0 saturated heterocycles. The minimum absolute atomic E-state index is 0.0360. The molecule has 0 radical (unpaired) electrons. The first-order chi connectivity index (χ1) is 16.8. The molecule has 35 heavy (non-hydrogen) atoms. The summed E-state index contributed by atoms with van der Waals surface area (Å²) in [6.45, 7) is 0.506. The second-order valence-corrected chi connectivity index (χ2v) is 8.82. The van der Waals surface area contributed by atoms with Crippen molar-refractivity contribution in [1.29, 1.82) is 0 Å². The lowest BCUT2D eigenvalue weighted by molar-refractivity contribution is 0.0692. The number of carbonyl (C=O) groups is 2. The Bertz CT molecular complexity index is 1400. The number of carbonyl (C=O) groups excluding carboxylic acids is 1. The highest BCUT2D eigenvalue weighted by Crippen LogP contribution is 2.48. The molecule has 11 heteroatoms. The smallest absolute Gasteiger partial charge is 0.341 e. The van der Waals surface area contributed by atoms with Crippen molar-refractivity contribution in [2.45, 2.75) is 31.2 Å². The van der Waals surface area contributed by atoms with Crippen molar-refractivity contribution in [2.24, 2.45) is 0 Å². The van der Waals surface area contributed by atoms with Crippen molar-refractivity contribution in [1.82, 2.24) is 14.9 Å². The van der Waals surface area contributed by atoms with Gasteiger partial charge in [0.15, 0.2) is 11.6 Å². The number of carboxylic acids is 1. The number of hydrogen-bond acceptors (Lipinski definition) is 7. The van der Waals surface area contributed by atoms with Crippen LogP contribution in [0, 0.1) is 5.82 Å². The summed E-state index contributed by atoms with van der Waals surface area (Å²) in [5.41, 5.74) is 4.29. The summed E-state index contributed by atoms with van der Waals surface area (Å²) in [5.74, 6) is -2.57. The highest BCUT2D eigenvalue weighted by molar-refractivity contribution is 6.03. The topological polar surface area (TPSA) is 149 Å². The second kappa shape index (κ2) is 8.57. The zero-order chi connectivity index (χ0) is 24.7. The zero-order valence-electron chi connectivity index (χ0n) is 18.8. The number of pyridine rings is 2. The van der Waals surface area contributed by atoms with Crippen LogP contribution in [0.1, 0.15) is 46.5 Å². The number of hydrogen-bond donors (Lipinski definition) is 4. The minimum Gasteiger partial charge on any atom is -0.487 e. The molecule has 5 rings (SSSR count). The number of amides is 1. The number of nitrogens with two attached hydrogens (primary N) is 1. The number of nitrogens with zero attached hydrogens (tertiary/aromatic N) is 2. The van der Waals surface area contributed by atoms with Crippen LogP contribution in [-0.2, 0) is 5.54 Å². The molecule has 2 aromatic heterocycles.